The third kappa shape index (κ3) is 4.02. The van der Waals surface area contributed by atoms with Crippen molar-refractivity contribution < 1.29 is 9.21 Å². The predicted octanol–water partition coefficient (Wildman–Crippen LogP) is 3.81. The maximum Gasteiger partial charge on any atom is 0.242 e. The number of anilines is 1. The van der Waals surface area contributed by atoms with Crippen LogP contribution in [-0.2, 0) is 11.3 Å². The van der Waals surface area contributed by atoms with Crippen molar-refractivity contribution in [3.63, 3.8) is 0 Å². The van der Waals surface area contributed by atoms with Crippen LogP contribution in [0.5, 0.6) is 0 Å². The molecule has 2 N–H and O–H groups in total. The third-order valence-corrected chi connectivity index (χ3v) is 3.52. The highest BCUT2D eigenvalue weighted by Gasteiger charge is 2.14. The molecule has 1 unspecified atom stereocenters. The lowest BCUT2D eigenvalue weighted by atomic mass is 10.2. The van der Waals surface area contributed by atoms with Gasteiger partial charge in [0, 0.05) is 4.47 Å². The third-order valence-electron chi connectivity index (χ3n) is 2.71. The van der Waals surface area contributed by atoms with E-state index >= 15 is 0 Å². The van der Waals surface area contributed by atoms with Gasteiger partial charge in [-0.1, -0.05) is 27.5 Å². The summed E-state index contributed by atoms with van der Waals surface area (Å²) in [5, 5.41) is 6.42. The molecule has 0 saturated carbocycles. The number of amides is 1. The number of carbonyl (C=O) groups is 1. The number of benzene rings is 1. The van der Waals surface area contributed by atoms with Crippen LogP contribution < -0.4 is 10.6 Å². The van der Waals surface area contributed by atoms with Crippen LogP contribution in [0, 0.1) is 0 Å². The van der Waals surface area contributed by atoms with E-state index in [9.17, 15) is 4.79 Å². The molecule has 1 aromatic heterocycles. The van der Waals surface area contributed by atoms with Gasteiger partial charge in [0.2, 0.25) is 5.91 Å². The van der Waals surface area contributed by atoms with Gasteiger partial charge in [0.25, 0.3) is 0 Å². The second-order valence-electron chi connectivity index (χ2n) is 4.29. The minimum atomic E-state index is -0.399. The van der Waals surface area contributed by atoms with Gasteiger partial charge in [0.05, 0.1) is 23.5 Å². The maximum atomic E-state index is 12.0. The molecule has 0 aliphatic rings. The Bertz CT molecular complexity index is 587. The SMILES string of the molecule is CC(Nc1ccc(Br)cc1Cl)C(=O)NCc1ccco1. The smallest absolute Gasteiger partial charge is 0.242 e. The molecule has 1 aromatic carbocycles. The summed E-state index contributed by atoms with van der Waals surface area (Å²) in [7, 11) is 0. The van der Waals surface area contributed by atoms with Gasteiger partial charge < -0.3 is 15.1 Å². The first-order valence-electron chi connectivity index (χ1n) is 6.08. The highest BCUT2D eigenvalue weighted by molar-refractivity contribution is 9.10. The molecule has 0 saturated heterocycles. The van der Waals surface area contributed by atoms with Crippen molar-refractivity contribution in [1.29, 1.82) is 0 Å². The number of rotatable bonds is 5. The Morgan fingerprint density at radius 1 is 1.45 bits per heavy atom. The fourth-order valence-corrected chi connectivity index (χ4v) is 2.37. The van der Waals surface area contributed by atoms with E-state index in [0.717, 1.165) is 10.2 Å². The zero-order valence-corrected chi connectivity index (χ0v) is 13.2. The number of hydrogen-bond acceptors (Lipinski definition) is 3. The number of carbonyl (C=O) groups excluding carboxylic acids is 1. The summed E-state index contributed by atoms with van der Waals surface area (Å²) in [5.74, 6) is 0.590. The summed E-state index contributed by atoms with van der Waals surface area (Å²) in [5.41, 5.74) is 0.718. The highest BCUT2D eigenvalue weighted by atomic mass is 79.9. The van der Waals surface area contributed by atoms with E-state index in [4.69, 9.17) is 16.0 Å². The van der Waals surface area contributed by atoms with Crippen LogP contribution in [0.15, 0.2) is 45.5 Å². The zero-order chi connectivity index (χ0) is 14.5. The molecule has 2 rings (SSSR count). The molecule has 1 atom stereocenters. The summed E-state index contributed by atoms with van der Waals surface area (Å²) in [6.07, 6.45) is 1.57. The molecule has 106 valence electrons. The van der Waals surface area contributed by atoms with Crippen molar-refractivity contribution in [2.45, 2.75) is 19.5 Å². The number of hydrogen-bond donors (Lipinski definition) is 2. The maximum absolute atomic E-state index is 12.0. The summed E-state index contributed by atoms with van der Waals surface area (Å²) >= 11 is 9.43. The van der Waals surface area contributed by atoms with Gasteiger partial charge in [-0.25, -0.2) is 0 Å². The van der Waals surface area contributed by atoms with Gasteiger partial charge in [-0.15, -0.1) is 0 Å². The van der Waals surface area contributed by atoms with E-state index in [1.807, 2.05) is 18.2 Å². The molecule has 4 nitrogen and oxygen atoms in total. The summed E-state index contributed by atoms with van der Waals surface area (Å²) in [6.45, 7) is 2.14. The Labute approximate surface area is 130 Å². The van der Waals surface area contributed by atoms with Crippen molar-refractivity contribution in [3.8, 4) is 0 Å². The number of furan rings is 1. The molecule has 0 aliphatic carbocycles. The Kier molecular flexibility index (Phi) is 5.09. The van der Waals surface area contributed by atoms with Gasteiger partial charge in [-0.2, -0.15) is 0 Å². The van der Waals surface area contributed by atoms with Gasteiger partial charge in [0.1, 0.15) is 11.8 Å². The normalized spacial score (nSPS) is 11.9. The topological polar surface area (TPSA) is 54.3 Å². The van der Waals surface area contributed by atoms with Crippen LogP contribution in [0.25, 0.3) is 0 Å². The Morgan fingerprint density at radius 2 is 2.25 bits per heavy atom. The summed E-state index contributed by atoms with van der Waals surface area (Å²) in [4.78, 5) is 12.0. The molecule has 6 heteroatoms. The highest BCUT2D eigenvalue weighted by Crippen LogP contribution is 2.26. The second-order valence-corrected chi connectivity index (χ2v) is 5.61. The first-order valence-corrected chi connectivity index (χ1v) is 7.25. The number of nitrogens with one attached hydrogen (secondary N) is 2. The minimum Gasteiger partial charge on any atom is -0.467 e. The lowest BCUT2D eigenvalue weighted by molar-refractivity contribution is -0.121. The van der Waals surface area contributed by atoms with Gasteiger partial charge in [0.15, 0.2) is 0 Å². The fraction of sp³-hybridized carbons (Fsp3) is 0.214. The molecule has 0 aliphatic heterocycles. The Balaban J connectivity index is 1.90. The van der Waals surface area contributed by atoms with E-state index in [1.165, 1.54) is 0 Å². The lowest BCUT2D eigenvalue weighted by Gasteiger charge is -2.16. The Hall–Kier alpha value is -1.46. The molecule has 0 spiro atoms. The predicted molar refractivity (Wildman–Crippen MR) is 82.8 cm³/mol. The number of halogens is 2. The van der Waals surface area contributed by atoms with Crippen LogP contribution in [0.4, 0.5) is 5.69 Å². The van der Waals surface area contributed by atoms with Crippen LogP contribution in [-0.4, -0.2) is 11.9 Å². The first-order chi connectivity index (χ1) is 9.56. The summed E-state index contributed by atoms with van der Waals surface area (Å²) < 4.78 is 6.04. The van der Waals surface area contributed by atoms with Crippen LogP contribution in [0.1, 0.15) is 12.7 Å². The van der Waals surface area contributed by atoms with Crippen LogP contribution >= 0.6 is 27.5 Å². The van der Waals surface area contributed by atoms with Crippen molar-refractivity contribution in [1.82, 2.24) is 5.32 Å². The average molecular weight is 358 g/mol. The molecule has 1 amide bonds. The molecule has 0 bridgehead atoms. The Morgan fingerprint density at radius 3 is 2.90 bits per heavy atom. The molecule has 2 aromatic rings. The standard InChI is InChI=1S/C14H14BrClN2O2/c1-9(14(19)17-8-11-3-2-6-20-11)18-13-5-4-10(15)7-12(13)16/h2-7,9,18H,8H2,1H3,(H,17,19). The molecule has 20 heavy (non-hydrogen) atoms. The quantitative estimate of drug-likeness (QED) is 0.855. The molecular weight excluding hydrogens is 344 g/mol. The van der Waals surface area contributed by atoms with Crippen LogP contribution in [0.3, 0.4) is 0 Å². The first kappa shape index (κ1) is 14.9. The van der Waals surface area contributed by atoms with E-state index < -0.39 is 6.04 Å². The molecule has 1 heterocycles. The van der Waals surface area contributed by atoms with Gasteiger partial charge in [-0.05, 0) is 37.3 Å². The van der Waals surface area contributed by atoms with E-state index in [1.54, 1.807) is 25.3 Å². The van der Waals surface area contributed by atoms with Crippen molar-refractivity contribution in [3.05, 3.63) is 51.9 Å². The van der Waals surface area contributed by atoms with E-state index in [0.29, 0.717) is 17.3 Å². The average Bonchev–Trinajstić information content (AvgIpc) is 2.92. The largest absolute Gasteiger partial charge is 0.467 e. The fourth-order valence-electron chi connectivity index (χ4n) is 1.65. The molecule has 0 fully saturated rings. The summed E-state index contributed by atoms with van der Waals surface area (Å²) in [6, 6.07) is 8.65. The van der Waals surface area contributed by atoms with Gasteiger partial charge >= 0.3 is 0 Å². The monoisotopic (exact) mass is 356 g/mol. The minimum absolute atomic E-state index is 0.125. The van der Waals surface area contributed by atoms with Crippen LogP contribution in [0.2, 0.25) is 5.02 Å². The molecular formula is C14H14BrClN2O2. The van der Waals surface area contributed by atoms with Crippen molar-refractivity contribution in [2.75, 3.05) is 5.32 Å². The second kappa shape index (κ2) is 6.81. The van der Waals surface area contributed by atoms with Crippen molar-refractivity contribution in [2.24, 2.45) is 0 Å². The molecule has 0 radical (unpaired) electrons. The van der Waals surface area contributed by atoms with E-state index in [2.05, 4.69) is 26.6 Å². The van der Waals surface area contributed by atoms with E-state index in [-0.39, 0.29) is 5.91 Å². The lowest BCUT2D eigenvalue weighted by Crippen LogP contribution is -2.37. The van der Waals surface area contributed by atoms with Gasteiger partial charge in [-0.3, -0.25) is 4.79 Å². The zero-order valence-electron chi connectivity index (χ0n) is 10.8. The van der Waals surface area contributed by atoms with Crippen molar-refractivity contribution >= 4 is 39.1 Å².